The fourth-order valence-electron chi connectivity index (χ4n) is 3.04. The first-order valence-electron chi connectivity index (χ1n) is 8.10. The summed E-state index contributed by atoms with van der Waals surface area (Å²) in [4.78, 5) is 6.04. The van der Waals surface area contributed by atoms with Gasteiger partial charge in [0.1, 0.15) is 17.2 Å². The molecule has 5 heteroatoms. The number of hydrogen-bond acceptors (Lipinski definition) is 3. The van der Waals surface area contributed by atoms with Crippen molar-refractivity contribution >= 4 is 40.1 Å². The number of para-hydroxylation sites is 1. The van der Waals surface area contributed by atoms with Crippen LogP contribution in [-0.4, -0.2) is 9.38 Å². The summed E-state index contributed by atoms with van der Waals surface area (Å²) in [6.07, 6.45) is 1.91. The van der Waals surface area contributed by atoms with Crippen molar-refractivity contribution in [2.45, 2.75) is 20.8 Å². The summed E-state index contributed by atoms with van der Waals surface area (Å²) in [5.41, 5.74) is 6.57. The van der Waals surface area contributed by atoms with Crippen LogP contribution in [0.1, 0.15) is 16.7 Å². The molecule has 1 aromatic carbocycles. The molecule has 0 bridgehead atoms. The SMILES string of the molecule is Cc1ccsc1-c1nc2ccc(Cl)cn2c1Nc1c(C)cccc1C. The van der Waals surface area contributed by atoms with Crippen LogP contribution in [-0.2, 0) is 0 Å². The standard InChI is InChI=1S/C20H18ClN3S/c1-12-5-4-6-13(2)17(12)23-20-18(19-14(3)9-10-25-19)22-16-8-7-15(21)11-24(16)20/h4-11,23H,1-3H3. The Balaban J connectivity index is 1.97. The summed E-state index contributed by atoms with van der Waals surface area (Å²) in [6.45, 7) is 6.34. The summed E-state index contributed by atoms with van der Waals surface area (Å²) >= 11 is 7.95. The highest BCUT2D eigenvalue weighted by Gasteiger charge is 2.18. The fraction of sp³-hybridized carbons (Fsp3) is 0.150. The van der Waals surface area contributed by atoms with Crippen LogP contribution in [0.3, 0.4) is 0 Å². The summed E-state index contributed by atoms with van der Waals surface area (Å²) in [5, 5.41) is 6.41. The Kier molecular flexibility index (Phi) is 4.02. The van der Waals surface area contributed by atoms with E-state index in [4.69, 9.17) is 16.6 Å². The van der Waals surface area contributed by atoms with Crippen LogP contribution in [0.4, 0.5) is 11.5 Å². The Labute approximate surface area is 155 Å². The molecule has 0 spiro atoms. The number of benzene rings is 1. The van der Waals surface area contributed by atoms with Gasteiger partial charge in [-0.1, -0.05) is 29.8 Å². The number of anilines is 2. The van der Waals surface area contributed by atoms with Crippen LogP contribution in [0, 0.1) is 20.8 Å². The van der Waals surface area contributed by atoms with Crippen molar-refractivity contribution < 1.29 is 0 Å². The third-order valence-electron chi connectivity index (χ3n) is 4.38. The number of pyridine rings is 1. The molecule has 3 heterocycles. The van der Waals surface area contributed by atoms with Gasteiger partial charge in [-0.3, -0.25) is 4.40 Å². The Morgan fingerprint density at radius 1 is 1.00 bits per heavy atom. The van der Waals surface area contributed by atoms with Crippen molar-refractivity contribution in [2.75, 3.05) is 5.32 Å². The molecule has 25 heavy (non-hydrogen) atoms. The summed E-state index contributed by atoms with van der Waals surface area (Å²) in [7, 11) is 0. The first-order valence-corrected chi connectivity index (χ1v) is 9.35. The molecule has 0 fully saturated rings. The number of nitrogens with zero attached hydrogens (tertiary/aromatic N) is 2. The van der Waals surface area contributed by atoms with E-state index < -0.39 is 0 Å². The zero-order valence-corrected chi connectivity index (χ0v) is 15.9. The lowest BCUT2D eigenvalue weighted by atomic mass is 10.1. The van der Waals surface area contributed by atoms with E-state index in [1.165, 1.54) is 21.6 Å². The summed E-state index contributed by atoms with van der Waals surface area (Å²) in [6, 6.07) is 12.2. The quantitative estimate of drug-likeness (QED) is 0.455. The molecule has 0 saturated heterocycles. The molecule has 0 saturated carbocycles. The number of imidazole rings is 1. The van der Waals surface area contributed by atoms with Gasteiger partial charge in [0.15, 0.2) is 0 Å². The molecule has 3 aromatic heterocycles. The lowest BCUT2D eigenvalue weighted by molar-refractivity contribution is 1.18. The van der Waals surface area contributed by atoms with Crippen LogP contribution in [0.2, 0.25) is 5.02 Å². The van der Waals surface area contributed by atoms with Gasteiger partial charge in [-0.25, -0.2) is 4.98 Å². The third kappa shape index (κ3) is 2.81. The highest BCUT2D eigenvalue weighted by Crippen LogP contribution is 2.37. The third-order valence-corrected chi connectivity index (χ3v) is 5.63. The molecule has 0 amide bonds. The average molecular weight is 368 g/mol. The topological polar surface area (TPSA) is 29.3 Å². The molecule has 4 aromatic rings. The van der Waals surface area contributed by atoms with Crippen molar-refractivity contribution in [3.63, 3.8) is 0 Å². The number of thiophene rings is 1. The second kappa shape index (κ2) is 6.21. The minimum absolute atomic E-state index is 0.684. The van der Waals surface area contributed by atoms with Gasteiger partial charge >= 0.3 is 0 Å². The molecule has 0 aliphatic rings. The van der Waals surface area contributed by atoms with E-state index in [9.17, 15) is 0 Å². The minimum Gasteiger partial charge on any atom is -0.339 e. The number of halogens is 1. The van der Waals surface area contributed by atoms with Crippen molar-refractivity contribution in [3.8, 4) is 10.6 Å². The molecular formula is C20H18ClN3S. The lowest BCUT2D eigenvalue weighted by Crippen LogP contribution is -2.00. The normalized spacial score (nSPS) is 11.2. The van der Waals surface area contributed by atoms with Gasteiger partial charge in [-0.05, 0) is 61.0 Å². The highest BCUT2D eigenvalue weighted by atomic mass is 35.5. The van der Waals surface area contributed by atoms with Crippen LogP contribution in [0.25, 0.3) is 16.2 Å². The molecule has 0 radical (unpaired) electrons. The van der Waals surface area contributed by atoms with Gasteiger partial charge < -0.3 is 5.32 Å². The Bertz CT molecular complexity index is 1060. The Hall–Kier alpha value is -2.30. The second-order valence-corrected chi connectivity index (χ2v) is 7.56. The molecule has 126 valence electrons. The van der Waals surface area contributed by atoms with Gasteiger partial charge in [0.05, 0.1) is 9.90 Å². The van der Waals surface area contributed by atoms with Crippen molar-refractivity contribution in [3.05, 3.63) is 69.7 Å². The highest BCUT2D eigenvalue weighted by molar-refractivity contribution is 7.13. The van der Waals surface area contributed by atoms with E-state index in [1.54, 1.807) is 11.3 Å². The fourth-order valence-corrected chi connectivity index (χ4v) is 4.12. The van der Waals surface area contributed by atoms with Gasteiger partial charge in [-0.2, -0.15) is 0 Å². The van der Waals surface area contributed by atoms with Crippen LogP contribution in [0.15, 0.2) is 48.0 Å². The van der Waals surface area contributed by atoms with Gasteiger partial charge in [0, 0.05) is 11.9 Å². The Morgan fingerprint density at radius 3 is 2.44 bits per heavy atom. The number of rotatable bonds is 3. The molecule has 4 rings (SSSR count). The first kappa shape index (κ1) is 16.2. The molecular weight excluding hydrogens is 350 g/mol. The zero-order valence-electron chi connectivity index (χ0n) is 14.3. The van der Waals surface area contributed by atoms with E-state index in [2.05, 4.69) is 55.7 Å². The molecule has 0 aliphatic carbocycles. The molecule has 1 N–H and O–H groups in total. The van der Waals surface area contributed by atoms with Crippen LogP contribution >= 0.6 is 22.9 Å². The molecule has 0 aliphatic heterocycles. The number of aryl methyl sites for hydroxylation is 3. The van der Waals surface area contributed by atoms with Gasteiger partial charge in [0.2, 0.25) is 0 Å². The monoisotopic (exact) mass is 367 g/mol. The van der Waals surface area contributed by atoms with Crippen LogP contribution < -0.4 is 5.32 Å². The predicted octanol–water partition coefficient (Wildman–Crippen LogP) is 6.39. The van der Waals surface area contributed by atoms with Crippen molar-refractivity contribution in [1.82, 2.24) is 9.38 Å². The molecule has 0 atom stereocenters. The Morgan fingerprint density at radius 2 is 1.76 bits per heavy atom. The van der Waals surface area contributed by atoms with E-state index in [1.807, 2.05) is 22.7 Å². The molecule has 3 nitrogen and oxygen atoms in total. The van der Waals surface area contributed by atoms with E-state index in [0.29, 0.717) is 5.02 Å². The van der Waals surface area contributed by atoms with E-state index >= 15 is 0 Å². The molecule has 0 unspecified atom stereocenters. The van der Waals surface area contributed by atoms with Gasteiger partial charge in [-0.15, -0.1) is 11.3 Å². The summed E-state index contributed by atoms with van der Waals surface area (Å²) < 4.78 is 2.03. The number of nitrogens with one attached hydrogen (secondary N) is 1. The second-order valence-electron chi connectivity index (χ2n) is 6.21. The van der Waals surface area contributed by atoms with Crippen LogP contribution in [0.5, 0.6) is 0 Å². The maximum Gasteiger partial charge on any atom is 0.144 e. The largest absolute Gasteiger partial charge is 0.339 e. The minimum atomic E-state index is 0.684. The number of aromatic nitrogens is 2. The smallest absolute Gasteiger partial charge is 0.144 e. The number of fused-ring (bicyclic) bond motifs is 1. The van der Waals surface area contributed by atoms with Gasteiger partial charge in [0.25, 0.3) is 0 Å². The zero-order chi connectivity index (χ0) is 17.6. The van der Waals surface area contributed by atoms with Crippen molar-refractivity contribution in [2.24, 2.45) is 0 Å². The predicted molar refractivity (Wildman–Crippen MR) is 107 cm³/mol. The van der Waals surface area contributed by atoms with E-state index in [0.717, 1.165) is 22.8 Å². The van der Waals surface area contributed by atoms with E-state index in [-0.39, 0.29) is 0 Å². The number of hydrogen-bond donors (Lipinski definition) is 1. The maximum absolute atomic E-state index is 6.25. The summed E-state index contributed by atoms with van der Waals surface area (Å²) in [5.74, 6) is 0.945. The average Bonchev–Trinajstić information content (AvgIpc) is 3.14. The van der Waals surface area contributed by atoms with Crippen molar-refractivity contribution in [1.29, 1.82) is 0 Å². The first-order chi connectivity index (χ1) is 12.0. The maximum atomic E-state index is 6.25. The lowest BCUT2D eigenvalue weighted by Gasteiger charge is -2.14.